The van der Waals surface area contributed by atoms with Crippen LogP contribution in [-0.4, -0.2) is 9.97 Å². The summed E-state index contributed by atoms with van der Waals surface area (Å²) in [4.78, 5) is 19.0. The Morgan fingerprint density at radius 1 is 1.43 bits per heavy atom. The molecule has 0 saturated heterocycles. The average molecular weight is 317 g/mol. The van der Waals surface area contributed by atoms with Gasteiger partial charge in [0, 0.05) is 5.69 Å². The molecule has 5 nitrogen and oxygen atoms in total. The molecule has 0 aliphatic carbocycles. The van der Waals surface area contributed by atoms with Crippen molar-refractivity contribution in [2.45, 2.75) is 6.54 Å². The van der Waals surface area contributed by atoms with Crippen LogP contribution in [-0.2, 0) is 6.54 Å². The lowest BCUT2D eigenvalue weighted by atomic mass is 10.2. The molecular weight excluding hydrogens is 308 g/mol. The number of anilines is 1. The van der Waals surface area contributed by atoms with Crippen LogP contribution < -0.4 is 10.9 Å². The van der Waals surface area contributed by atoms with Gasteiger partial charge in [0.05, 0.1) is 22.6 Å². The molecule has 0 amide bonds. The third-order valence-electron chi connectivity index (χ3n) is 2.91. The molecule has 104 valence electrons. The number of halogens is 1. The smallest absolute Gasteiger partial charge is 0.268 e. The Bertz CT molecular complexity index is 909. The molecule has 0 saturated carbocycles. The maximum atomic E-state index is 11.8. The monoisotopic (exact) mass is 316 g/mol. The summed E-state index contributed by atoms with van der Waals surface area (Å²) in [6, 6.07) is 8.88. The highest BCUT2D eigenvalue weighted by Gasteiger charge is 2.05. The number of fused-ring (bicyclic) bond motifs is 1. The fraction of sp³-hybridized carbons (Fsp3) is 0.0714. The molecule has 0 atom stereocenters. The van der Waals surface area contributed by atoms with E-state index in [9.17, 15) is 4.79 Å². The molecule has 0 spiro atoms. The molecule has 0 fully saturated rings. The van der Waals surface area contributed by atoms with Crippen LogP contribution in [0.25, 0.3) is 10.2 Å². The second kappa shape index (κ2) is 5.56. The van der Waals surface area contributed by atoms with E-state index in [-0.39, 0.29) is 5.56 Å². The highest BCUT2D eigenvalue weighted by Crippen LogP contribution is 2.20. The SMILES string of the molecule is N#Cc1ccc(NCc2nc3ccsc3c(=O)[nH]2)cc1Cl. The molecule has 3 rings (SSSR count). The van der Waals surface area contributed by atoms with E-state index in [0.717, 1.165) is 5.69 Å². The van der Waals surface area contributed by atoms with Crippen LogP contribution in [0.15, 0.2) is 34.4 Å². The van der Waals surface area contributed by atoms with E-state index in [1.165, 1.54) is 11.3 Å². The van der Waals surface area contributed by atoms with Crippen molar-refractivity contribution in [3.8, 4) is 6.07 Å². The van der Waals surface area contributed by atoms with Crippen LogP contribution in [0.2, 0.25) is 5.02 Å². The maximum absolute atomic E-state index is 11.8. The summed E-state index contributed by atoms with van der Waals surface area (Å²) in [5.41, 5.74) is 1.74. The van der Waals surface area contributed by atoms with Gasteiger partial charge in [0.2, 0.25) is 0 Å². The topological polar surface area (TPSA) is 81.6 Å². The summed E-state index contributed by atoms with van der Waals surface area (Å²) in [5.74, 6) is 0.548. The van der Waals surface area contributed by atoms with Gasteiger partial charge in [-0.15, -0.1) is 11.3 Å². The minimum absolute atomic E-state index is 0.135. The second-order valence-corrected chi connectivity index (χ2v) is 5.63. The Labute approximate surface area is 128 Å². The Kier molecular flexibility index (Phi) is 3.60. The zero-order valence-electron chi connectivity index (χ0n) is 10.7. The lowest BCUT2D eigenvalue weighted by molar-refractivity contribution is 0.956. The first-order valence-electron chi connectivity index (χ1n) is 6.07. The normalized spacial score (nSPS) is 10.5. The van der Waals surface area contributed by atoms with Gasteiger partial charge in [-0.1, -0.05) is 11.6 Å². The van der Waals surface area contributed by atoms with Gasteiger partial charge in [-0.2, -0.15) is 5.26 Å². The van der Waals surface area contributed by atoms with Gasteiger partial charge in [0.25, 0.3) is 5.56 Å². The van der Waals surface area contributed by atoms with Crippen LogP contribution in [0.1, 0.15) is 11.4 Å². The number of nitrogens with one attached hydrogen (secondary N) is 2. The number of aromatic nitrogens is 2. The Hall–Kier alpha value is -2.36. The second-order valence-electron chi connectivity index (χ2n) is 4.31. The van der Waals surface area contributed by atoms with E-state index in [1.807, 2.05) is 17.5 Å². The molecule has 0 aliphatic rings. The molecule has 0 radical (unpaired) electrons. The number of nitriles is 1. The number of hydrogen-bond donors (Lipinski definition) is 2. The molecule has 2 aromatic heterocycles. The van der Waals surface area contributed by atoms with Crippen molar-refractivity contribution in [3.63, 3.8) is 0 Å². The summed E-state index contributed by atoms with van der Waals surface area (Å²) in [5, 5.41) is 14.2. The van der Waals surface area contributed by atoms with Crippen molar-refractivity contribution in [1.82, 2.24) is 9.97 Å². The molecule has 0 aliphatic heterocycles. The fourth-order valence-electron chi connectivity index (χ4n) is 1.91. The van der Waals surface area contributed by atoms with Crippen LogP contribution in [0.5, 0.6) is 0 Å². The van der Waals surface area contributed by atoms with Crippen molar-refractivity contribution in [2.24, 2.45) is 0 Å². The molecule has 0 unspecified atom stereocenters. The molecule has 21 heavy (non-hydrogen) atoms. The number of rotatable bonds is 3. The lowest BCUT2D eigenvalue weighted by Crippen LogP contribution is -2.13. The van der Waals surface area contributed by atoms with Gasteiger partial charge < -0.3 is 10.3 Å². The number of aromatic amines is 1. The Balaban J connectivity index is 1.82. The third-order valence-corrected chi connectivity index (χ3v) is 4.13. The van der Waals surface area contributed by atoms with Gasteiger partial charge in [-0.25, -0.2) is 4.98 Å². The highest BCUT2D eigenvalue weighted by molar-refractivity contribution is 7.17. The largest absolute Gasteiger partial charge is 0.378 e. The average Bonchev–Trinajstić information content (AvgIpc) is 2.94. The van der Waals surface area contributed by atoms with Gasteiger partial charge in [-0.05, 0) is 29.6 Å². The minimum atomic E-state index is -0.135. The molecule has 3 aromatic rings. The quantitative estimate of drug-likeness (QED) is 0.778. The van der Waals surface area contributed by atoms with Gasteiger partial charge >= 0.3 is 0 Å². The first-order valence-corrected chi connectivity index (χ1v) is 7.33. The van der Waals surface area contributed by atoms with E-state index in [2.05, 4.69) is 15.3 Å². The van der Waals surface area contributed by atoms with E-state index >= 15 is 0 Å². The van der Waals surface area contributed by atoms with Crippen molar-refractivity contribution in [1.29, 1.82) is 5.26 Å². The van der Waals surface area contributed by atoms with Crippen LogP contribution in [0.4, 0.5) is 5.69 Å². The fourth-order valence-corrected chi connectivity index (χ4v) is 2.86. The van der Waals surface area contributed by atoms with Crippen molar-refractivity contribution >= 4 is 38.8 Å². The standard InChI is InChI=1S/C14H9ClN4OS/c15-10-5-9(2-1-8(10)6-16)17-7-12-18-11-3-4-21-13(11)14(20)19-12/h1-5,17H,7H2,(H,18,19,20). The van der Waals surface area contributed by atoms with E-state index in [1.54, 1.807) is 18.2 Å². The number of hydrogen-bond acceptors (Lipinski definition) is 5. The Morgan fingerprint density at radius 2 is 2.29 bits per heavy atom. The van der Waals surface area contributed by atoms with E-state index in [4.69, 9.17) is 16.9 Å². The van der Waals surface area contributed by atoms with Gasteiger partial charge in [0.1, 0.15) is 16.6 Å². The predicted octanol–water partition coefficient (Wildman–Crippen LogP) is 3.12. The van der Waals surface area contributed by atoms with Crippen molar-refractivity contribution < 1.29 is 0 Å². The first-order chi connectivity index (χ1) is 10.2. The highest BCUT2D eigenvalue weighted by atomic mass is 35.5. The van der Waals surface area contributed by atoms with Crippen LogP contribution in [0, 0.1) is 11.3 Å². The number of nitrogens with zero attached hydrogens (tertiary/aromatic N) is 2. The number of thiophene rings is 1. The van der Waals surface area contributed by atoms with E-state index in [0.29, 0.717) is 33.2 Å². The predicted molar refractivity (Wildman–Crippen MR) is 83.7 cm³/mol. The zero-order valence-corrected chi connectivity index (χ0v) is 12.3. The maximum Gasteiger partial charge on any atom is 0.268 e. The molecule has 1 aromatic carbocycles. The van der Waals surface area contributed by atoms with Crippen molar-refractivity contribution in [3.05, 3.63) is 56.4 Å². The summed E-state index contributed by atoms with van der Waals surface area (Å²) >= 11 is 7.33. The van der Waals surface area contributed by atoms with Gasteiger partial charge in [0.15, 0.2) is 0 Å². The number of H-pyrrole nitrogens is 1. The summed E-state index contributed by atoms with van der Waals surface area (Å²) < 4.78 is 0.625. The zero-order chi connectivity index (χ0) is 14.8. The van der Waals surface area contributed by atoms with Gasteiger partial charge in [-0.3, -0.25) is 4.79 Å². The Morgan fingerprint density at radius 3 is 3.05 bits per heavy atom. The minimum Gasteiger partial charge on any atom is -0.378 e. The van der Waals surface area contributed by atoms with Crippen LogP contribution in [0.3, 0.4) is 0 Å². The first kappa shape index (κ1) is 13.6. The summed E-state index contributed by atoms with van der Waals surface area (Å²) in [7, 11) is 0. The molecule has 7 heteroatoms. The molecule has 0 bridgehead atoms. The summed E-state index contributed by atoms with van der Waals surface area (Å²) in [6.45, 7) is 0.364. The van der Waals surface area contributed by atoms with Crippen LogP contribution >= 0.6 is 22.9 Å². The molecular formula is C14H9ClN4OS. The summed E-state index contributed by atoms with van der Waals surface area (Å²) in [6.07, 6.45) is 0. The lowest BCUT2D eigenvalue weighted by Gasteiger charge is -2.07. The number of benzene rings is 1. The van der Waals surface area contributed by atoms with E-state index < -0.39 is 0 Å². The third kappa shape index (κ3) is 2.75. The molecule has 2 heterocycles. The van der Waals surface area contributed by atoms with Crippen molar-refractivity contribution in [2.75, 3.05) is 5.32 Å². The molecule has 2 N–H and O–H groups in total.